The molecule has 0 bridgehead atoms. The molecular formula is C17H21N3O6. The Bertz CT molecular complexity index is 714. The Morgan fingerprint density at radius 1 is 1.23 bits per heavy atom. The molecule has 0 aliphatic carbocycles. The minimum Gasteiger partial charge on any atom is -0.451 e. The molecule has 1 heterocycles. The Hall–Kier alpha value is -2.97. The van der Waals surface area contributed by atoms with E-state index >= 15 is 0 Å². The number of amides is 2. The van der Waals surface area contributed by atoms with Crippen molar-refractivity contribution in [2.45, 2.75) is 38.8 Å². The summed E-state index contributed by atoms with van der Waals surface area (Å²) in [5.41, 5.74) is -0.169. The van der Waals surface area contributed by atoms with E-state index in [4.69, 9.17) is 4.74 Å². The Labute approximate surface area is 150 Å². The molecule has 26 heavy (non-hydrogen) atoms. The molecule has 0 saturated carbocycles. The van der Waals surface area contributed by atoms with Crippen LogP contribution in [-0.4, -0.2) is 52.8 Å². The lowest BCUT2D eigenvalue weighted by atomic mass is 10.2. The van der Waals surface area contributed by atoms with Crippen molar-refractivity contribution in [1.82, 2.24) is 10.2 Å². The molecule has 0 aromatic heterocycles. The van der Waals surface area contributed by atoms with E-state index in [1.165, 1.54) is 32.0 Å². The van der Waals surface area contributed by atoms with E-state index in [1.807, 2.05) is 0 Å². The van der Waals surface area contributed by atoms with Crippen LogP contribution in [0.5, 0.6) is 0 Å². The van der Waals surface area contributed by atoms with Crippen LogP contribution in [0.2, 0.25) is 0 Å². The van der Waals surface area contributed by atoms with E-state index in [2.05, 4.69) is 5.32 Å². The Morgan fingerprint density at radius 3 is 2.50 bits per heavy atom. The van der Waals surface area contributed by atoms with Gasteiger partial charge in [0.2, 0.25) is 0 Å². The maximum Gasteiger partial charge on any atom is 0.329 e. The Morgan fingerprint density at radius 2 is 1.88 bits per heavy atom. The van der Waals surface area contributed by atoms with Crippen LogP contribution < -0.4 is 5.32 Å². The summed E-state index contributed by atoms with van der Waals surface area (Å²) < 4.78 is 5.13. The monoisotopic (exact) mass is 363 g/mol. The van der Waals surface area contributed by atoms with Gasteiger partial charge in [-0.3, -0.25) is 19.7 Å². The van der Waals surface area contributed by atoms with Gasteiger partial charge in [-0.25, -0.2) is 4.79 Å². The number of likely N-dealkylation sites (tertiary alicyclic amines) is 1. The molecule has 1 saturated heterocycles. The summed E-state index contributed by atoms with van der Waals surface area (Å²) >= 11 is 0. The third kappa shape index (κ3) is 4.78. The number of carbonyl (C=O) groups excluding carboxylic acids is 3. The predicted molar refractivity (Wildman–Crippen MR) is 91.4 cm³/mol. The number of benzene rings is 1. The molecule has 9 nitrogen and oxygen atoms in total. The standard InChI is InChI=1S/C17H21N3O6/c1-11(17(23)26-12(2)16(22)19-8-3-4-9-19)18-15(21)13-6-5-7-14(10-13)20(24)25/h5-7,10-12H,3-4,8-9H2,1-2H3,(H,18,21)/t11-,12-/m1/s1. The van der Waals surface area contributed by atoms with Crippen LogP contribution in [0.25, 0.3) is 0 Å². The molecule has 140 valence electrons. The second kappa shape index (κ2) is 8.41. The van der Waals surface area contributed by atoms with E-state index in [9.17, 15) is 24.5 Å². The molecule has 2 amide bonds. The Balaban J connectivity index is 1.91. The minimum absolute atomic E-state index is 0.0556. The largest absolute Gasteiger partial charge is 0.451 e. The topological polar surface area (TPSA) is 119 Å². The second-order valence-electron chi connectivity index (χ2n) is 6.11. The van der Waals surface area contributed by atoms with E-state index in [1.54, 1.807) is 4.90 Å². The molecule has 1 aliphatic rings. The average molecular weight is 363 g/mol. The minimum atomic E-state index is -1.00. The van der Waals surface area contributed by atoms with Crippen molar-refractivity contribution in [2.75, 3.05) is 13.1 Å². The highest BCUT2D eigenvalue weighted by molar-refractivity contribution is 5.97. The van der Waals surface area contributed by atoms with E-state index in [0.717, 1.165) is 18.9 Å². The van der Waals surface area contributed by atoms with Crippen molar-refractivity contribution in [3.8, 4) is 0 Å². The number of rotatable bonds is 6. The fourth-order valence-corrected chi connectivity index (χ4v) is 2.62. The zero-order valence-electron chi connectivity index (χ0n) is 14.6. The molecule has 0 unspecified atom stereocenters. The number of non-ortho nitro benzene ring substituents is 1. The SMILES string of the molecule is C[C@@H](NC(=O)c1cccc([N+](=O)[O-])c1)C(=O)O[C@H](C)C(=O)N1CCCC1. The summed E-state index contributed by atoms with van der Waals surface area (Å²) in [4.78, 5) is 48.2. The quantitative estimate of drug-likeness (QED) is 0.462. The van der Waals surface area contributed by atoms with Gasteiger partial charge in [0.25, 0.3) is 17.5 Å². The number of nitro benzene ring substituents is 1. The molecular weight excluding hydrogens is 342 g/mol. The summed E-state index contributed by atoms with van der Waals surface area (Å²) in [6.45, 7) is 4.22. The van der Waals surface area contributed by atoms with Crippen LogP contribution in [0.15, 0.2) is 24.3 Å². The van der Waals surface area contributed by atoms with Gasteiger partial charge in [-0.2, -0.15) is 0 Å². The van der Waals surface area contributed by atoms with Gasteiger partial charge in [0, 0.05) is 30.8 Å². The van der Waals surface area contributed by atoms with Gasteiger partial charge in [-0.1, -0.05) is 6.07 Å². The number of hydrogen-bond donors (Lipinski definition) is 1. The van der Waals surface area contributed by atoms with E-state index in [-0.39, 0.29) is 17.2 Å². The zero-order valence-corrected chi connectivity index (χ0v) is 14.6. The summed E-state index contributed by atoms with van der Waals surface area (Å²) in [6, 6.07) is 4.16. The first-order valence-electron chi connectivity index (χ1n) is 8.34. The van der Waals surface area contributed by atoms with Crippen LogP contribution in [0, 0.1) is 10.1 Å². The van der Waals surface area contributed by atoms with Gasteiger partial charge in [0.05, 0.1) is 4.92 Å². The lowest BCUT2D eigenvalue weighted by molar-refractivity contribution is -0.384. The first-order chi connectivity index (χ1) is 12.3. The maximum atomic E-state index is 12.1. The molecule has 1 N–H and O–H groups in total. The zero-order chi connectivity index (χ0) is 19.3. The fraction of sp³-hybridized carbons (Fsp3) is 0.471. The van der Waals surface area contributed by atoms with Crippen LogP contribution >= 0.6 is 0 Å². The van der Waals surface area contributed by atoms with E-state index < -0.39 is 28.9 Å². The molecule has 1 aliphatic heterocycles. The first-order valence-corrected chi connectivity index (χ1v) is 8.34. The number of nitrogens with zero attached hydrogens (tertiary/aromatic N) is 2. The normalized spacial score (nSPS) is 15.8. The highest BCUT2D eigenvalue weighted by Crippen LogP contribution is 2.14. The van der Waals surface area contributed by atoms with E-state index in [0.29, 0.717) is 13.1 Å². The van der Waals surface area contributed by atoms with Crippen LogP contribution in [0.3, 0.4) is 0 Å². The van der Waals surface area contributed by atoms with Crippen LogP contribution in [-0.2, 0) is 14.3 Å². The Kier molecular flexibility index (Phi) is 6.26. The predicted octanol–water partition coefficient (Wildman–Crippen LogP) is 1.27. The third-order valence-electron chi connectivity index (χ3n) is 4.08. The number of hydrogen-bond acceptors (Lipinski definition) is 6. The van der Waals surface area contributed by atoms with Crippen molar-refractivity contribution < 1.29 is 24.0 Å². The molecule has 0 spiro atoms. The molecule has 1 fully saturated rings. The van der Waals surface area contributed by atoms with Crippen molar-refractivity contribution in [2.24, 2.45) is 0 Å². The summed E-state index contributed by atoms with van der Waals surface area (Å²) in [7, 11) is 0. The van der Waals surface area contributed by atoms with Gasteiger partial charge in [-0.15, -0.1) is 0 Å². The fourth-order valence-electron chi connectivity index (χ4n) is 2.62. The maximum absolute atomic E-state index is 12.1. The van der Waals surface area contributed by atoms with Gasteiger partial charge >= 0.3 is 5.97 Å². The second-order valence-corrected chi connectivity index (χ2v) is 6.11. The van der Waals surface area contributed by atoms with Crippen LogP contribution in [0.1, 0.15) is 37.0 Å². The lowest BCUT2D eigenvalue weighted by Gasteiger charge is -2.22. The summed E-state index contributed by atoms with van der Waals surface area (Å²) in [5.74, 6) is -1.64. The van der Waals surface area contributed by atoms with Crippen molar-refractivity contribution in [3.63, 3.8) is 0 Å². The molecule has 9 heteroatoms. The van der Waals surface area contributed by atoms with Crippen molar-refractivity contribution in [1.29, 1.82) is 0 Å². The van der Waals surface area contributed by atoms with Crippen LogP contribution in [0.4, 0.5) is 5.69 Å². The lowest BCUT2D eigenvalue weighted by Crippen LogP contribution is -2.44. The molecule has 1 aromatic carbocycles. The average Bonchev–Trinajstić information content (AvgIpc) is 3.15. The number of esters is 1. The number of ether oxygens (including phenoxy) is 1. The summed E-state index contributed by atoms with van der Waals surface area (Å²) in [6.07, 6.45) is 0.933. The third-order valence-corrected chi connectivity index (χ3v) is 4.08. The number of nitrogens with one attached hydrogen (secondary N) is 1. The van der Waals surface area contributed by atoms with Crippen molar-refractivity contribution in [3.05, 3.63) is 39.9 Å². The molecule has 1 aromatic rings. The first kappa shape index (κ1) is 19.4. The number of carbonyl (C=O) groups is 3. The molecule has 2 rings (SSSR count). The smallest absolute Gasteiger partial charge is 0.329 e. The van der Waals surface area contributed by atoms with Crippen molar-refractivity contribution >= 4 is 23.5 Å². The van der Waals surface area contributed by atoms with Gasteiger partial charge in [-0.05, 0) is 32.8 Å². The van der Waals surface area contributed by atoms with Gasteiger partial charge in [0.15, 0.2) is 6.10 Å². The summed E-state index contributed by atoms with van der Waals surface area (Å²) in [5, 5.41) is 13.2. The van der Waals surface area contributed by atoms with Gasteiger partial charge in [0.1, 0.15) is 6.04 Å². The molecule has 2 atom stereocenters. The highest BCUT2D eigenvalue weighted by Gasteiger charge is 2.28. The molecule has 0 radical (unpaired) electrons. The van der Waals surface area contributed by atoms with Gasteiger partial charge < -0.3 is 15.0 Å². The number of nitro groups is 1. The highest BCUT2D eigenvalue weighted by atomic mass is 16.6.